The molecule has 0 spiro atoms. The lowest BCUT2D eigenvalue weighted by molar-refractivity contribution is 0.388. The van der Waals surface area contributed by atoms with Crippen LogP contribution in [0.5, 0.6) is 5.75 Å². The summed E-state index contributed by atoms with van der Waals surface area (Å²) in [6.07, 6.45) is 8.34. The van der Waals surface area contributed by atoms with Crippen LogP contribution in [0.25, 0.3) is 28.6 Å². The molecule has 1 N–H and O–H groups in total. The number of nitrogens with zero attached hydrogens (tertiary/aromatic N) is 6. The van der Waals surface area contributed by atoms with E-state index in [1.54, 1.807) is 6.20 Å². The zero-order chi connectivity index (χ0) is 28.1. The molecule has 0 unspecified atom stereocenters. The fourth-order valence-corrected chi connectivity index (χ4v) is 4.50. The first-order chi connectivity index (χ1) is 19.5. The van der Waals surface area contributed by atoms with E-state index in [4.69, 9.17) is 9.72 Å². The number of aromatic nitrogens is 7. The van der Waals surface area contributed by atoms with Gasteiger partial charge >= 0.3 is 5.76 Å². The molecule has 11 heteroatoms. The number of pyridine rings is 1. The molecule has 40 heavy (non-hydrogen) atoms. The molecular formula is C29H29N7O4. The van der Waals surface area contributed by atoms with E-state index in [1.165, 1.54) is 24.1 Å². The highest BCUT2D eigenvalue weighted by atomic mass is 16.5. The number of hydrogen-bond acceptors (Lipinski definition) is 9. The molecule has 0 amide bonds. The summed E-state index contributed by atoms with van der Waals surface area (Å²) in [5.74, 6) is 1.08. The molecule has 0 aliphatic heterocycles. The van der Waals surface area contributed by atoms with Crippen molar-refractivity contribution in [2.45, 2.75) is 46.0 Å². The Labute approximate surface area is 230 Å². The van der Waals surface area contributed by atoms with Gasteiger partial charge in [0, 0.05) is 35.7 Å². The van der Waals surface area contributed by atoms with E-state index in [2.05, 4.69) is 36.5 Å². The number of nitrogens with one attached hydrogen (secondary N) is 1. The van der Waals surface area contributed by atoms with Gasteiger partial charge in [-0.1, -0.05) is 55.8 Å². The minimum atomic E-state index is -0.625. The maximum Gasteiger partial charge on any atom is 0.439 e. The van der Waals surface area contributed by atoms with Gasteiger partial charge in [-0.15, -0.1) is 0 Å². The normalized spacial score (nSPS) is 11.1. The van der Waals surface area contributed by atoms with Crippen LogP contribution >= 0.6 is 0 Å². The Morgan fingerprint density at radius 1 is 0.975 bits per heavy atom. The number of aromatic amines is 1. The number of unbranched alkanes of at least 4 members (excludes halogenated alkanes) is 1. The SMILES string of the molecule is CCCCc1nc(CC)n(-c2ncc(OC)cn2)c(=O)c1Cc1ccc(-c2ccccc2-c2noc(=O)[nH]2)nc1. The van der Waals surface area contributed by atoms with Gasteiger partial charge in [-0.25, -0.2) is 24.3 Å². The Kier molecular flexibility index (Phi) is 7.90. The minimum absolute atomic E-state index is 0.187. The summed E-state index contributed by atoms with van der Waals surface area (Å²) >= 11 is 0. The van der Waals surface area contributed by atoms with Gasteiger partial charge in [-0.2, -0.15) is 0 Å². The summed E-state index contributed by atoms with van der Waals surface area (Å²) in [7, 11) is 1.54. The van der Waals surface area contributed by atoms with Crippen molar-refractivity contribution in [3.63, 3.8) is 0 Å². The third kappa shape index (κ3) is 5.44. The molecular weight excluding hydrogens is 510 g/mol. The molecule has 5 rings (SSSR count). The maximum atomic E-state index is 13.9. The van der Waals surface area contributed by atoms with Crippen LogP contribution in [-0.4, -0.2) is 41.8 Å². The first-order valence-electron chi connectivity index (χ1n) is 13.1. The lowest BCUT2D eigenvalue weighted by atomic mass is 10.0. The average molecular weight is 540 g/mol. The number of rotatable bonds is 10. The van der Waals surface area contributed by atoms with Crippen molar-refractivity contribution in [3.8, 4) is 34.3 Å². The standard InChI is InChI=1S/C29H29N7O4/c1-4-6-11-24-22(27(37)36(25(5-2)33-24)28-31-16-19(39-3)17-32-28)14-18-12-13-23(30-15-18)20-9-7-8-10-21(20)26-34-29(38)40-35-26/h7-10,12-13,15-17H,4-6,11,14H2,1-3H3,(H,34,35,38). The largest absolute Gasteiger partial charge is 0.494 e. The van der Waals surface area contributed by atoms with E-state index in [0.29, 0.717) is 53.5 Å². The second kappa shape index (κ2) is 11.9. The highest BCUT2D eigenvalue weighted by Gasteiger charge is 2.19. The van der Waals surface area contributed by atoms with Crippen LogP contribution in [0, 0.1) is 0 Å². The minimum Gasteiger partial charge on any atom is -0.494 e. The molecule has 0 atom stereocenters. The molecule has 5 aromatic rings. The monoisotopic (exact) mass is 539 g/mol. The number of hydrogen-bond donors (Lipinski definition) is 1. The van der Waals surface area contributed by atoms with Crippen LogP contribution in [0.1, 0.15) is 49.3 Å². The first kappa shape index (κ1) is 26.7. The van der Waals surface area contributed by atoms with Gasteiger partial charge in [0.15, 0.2) is 11.6 Å². The smallest absolute Gasteiger partial charge is 0.439 e. The molecule has 0 aliphatic carbocycles. The quantitative estimate of drug-likeness (QED) is 0.279. The molecule has 4 heterocycles. The molecule has 0 bridgehead atoms. The zero-order valence-corrected chi connectivity index (χ0v) is 22.5. The average Bonchev–Trinajstić information content (AvgIpc) is 3.43. The van der Waals surface area contributed by atoms with Gasteiger partial charge in [-0.3, -0.25) is 19.3 Å². The van der Waals surface area contributed by atoms with Crippen molar-refractivity contribution in [2.24, 2.45) is 0 Å². The van der Waals surface area contributed by atoms with Crippen molar-refractivity contribution in [1.29, 1.82) is 0 Å². The van der Waals surface area contributed by atoms with Gasteiger partial charge in [0.2, 0.25) is 5.95 Å². The highest BCUT2D eigenvalue weighted by molar-refractivity contribution is 5.78. The van der Waals surface area contributed by atoms with Gasteiger partial charge in [0.05, 0.1) is 30.9 Å². The second-order valence-electron chi connectivity index (χ2n) is 9.19. The topological polar surface area (TPSA) is 142 Å². The van der Waals surface area contributed by atoms with Gasteiger partial charge in [0.1, 0.15) is 5.82 Å². The van der Waals surface area contributed by atoms with E-state index >= 15 is 0 Å². The van der Waals surface area contributed by atoms with Crippen LogP contribution in [0.2, 0.25) is 0 Å². The molecule has 4 aromatic heterocycles. The van der Waals surface area contributed by atoms with Crippen LogP contribution in [0.4, 0.5) is 0 Å². The fraction of sp³-hybridized carbons (Fsp3) is 0.276. The number of ether oxygens (including phenoxy) is 1. The summed E-state index contributed by atoms with van der Waals surface area (Å²) in [4.78, 5) is 46.3. The van der Waals surface area contributed by atoms with Crippen LogP contribution in [0.3, 0.4) is 0 Å². The van der Waals surface area contributed by atoms with Crippen molar-refractivity contribution in [2.75, 3.05) is 7.11 Å². The van der Waals surface area contributed by atoms with Gasteiger partial charge in [-0.05, 0) is 24.5 Å². The number of benzene rings is 1. The zero-order valence-electron chi connectivity index (χ0n) is 22.5. The Bertz CT molecular complexity index is 1720. The van der Waals surface area contributed by atoms with E-state index in [-0.39, 0.29) is 11.5 Å². The predicted molar refractivity (Wildman–Crippen MR) is 149 cm³/mol. The Morgan fingerprint density at radius 2 is 1.75 bits per heavy atom. The summed E-state index contributed by atoms with van der Waals surface area (Å²) in [6, 6.07) is 11.3. The Balaban J connectivity index is 1.53. The summed E-state index contributed by atoms with van der Waals surface area (Å²) in [6.45, 7) is 4.07. The van der Waals surface area contributed by atoms with E-state index in [0.717, 1.165) is 29.7 Å². The molecule has 1 aromatic carbocycles. The Hall–Kier alpha value is -4.93. The van der Waals surface area contributed by atoms with Crippen LogP contribution < -0.4 is 16.1 Å². The molecule has 204 valence electrons. The van der Waals surface area contributed by atoms with Crippen molar-refractivity contribution < 1.29 is 9.26 Å². The van der Waals surface area contributed by atoms with Crippen LogP contribution in [-0.2, 0) is 19.3 Å². The molecule has 0 saturated heterocycles. The molecule has 0 fully saturated rings. The number of aryl methyl sites for hydroxylation is 2. The molecule has 11 nitrogen and oxygen atoms in total. The first-order valence-corrected chi connectivity index (χ1v) is 13.1. The van der Waals surface area contributed by atoms with Gasteiger partial charge in [0.25, 0.3) is 5.56 Å². The number of methoxy groups -OCH3 is 1. The van der Waals surface area contributed by atoms with Gasteiger partial charge < -0.3 is 4.74 Å². The van der Waals surface area contributed by atoms with E-state index < -0.39 is 5.76 Å². The second-order valence-corrected chi connectivity index (χ2v) is 9.19. The van der Waals surface area contributed by atoms with Crippen LogP contribution in [0.15, 0.2) is 69.1 Å². The lowest BCUT2D eigenvalue weighted by Crippen LogP contribution is -2.30. The van der Waals surface area contributed by atoms with Crippen molar-refractivity contribution >= 4 is 0 Å². The Morgan fingerprint density at radius 3 is 2.38 bits per heavy atom. The molecule has 0 radical (unpaired) electrons. The lowest BCUT2D eigenvalue weighted by Gasteiger charge is -2.16. The highest BCUT2D eigenvalue weighted by Crippen LogP contribution is 2.28. The molecule has 0 aliphatic rings. The van der Waals surface area contributed by atoms with E-state index in [1.807, 2.05) is 43.3 Å². The third-order valence-electron chi connectivity index (χ3n) is 6.57. The molecule has 0 saturated carbocycles. The number of H-pyrrole nitrogens is 1. The van der Waals surface area contributed by atoms with E-state index in [9.17, 15) is 9.59 Å². The predicted octanol–water partition coefficient (Wildman–Crippen LogP) is 3.93. The maximum absolute atomic E-state index is 13.9. The summed E-state index contributed by atoms with van der Waals surface area (Å²) in [5, 5.41) is 3.81. The fourth-order valence-electron chi connectivity index (χ4n) is 4.50. The third-order valence-corrected chi connectivity index (χ3v) is 6.57. The summed E-state index contributed by atoms with van der Waals surface area (Å²) < 4.78 is 11.3. The van der Waals surface area contributed by atoms with Crippen molar-refractivity contribution in [3.05, 3.63) is 98.5 Å². The summed E-state index contributed by atoms with van der Waals surface area (Å²) in [5.41, 5.74) is 4.23. The van der Waals surface area contributed by atoms with Crippen molar-refractivity contribution in [1.82, 2.24) is 34.6 Å².